The number of aromatic nitrogens is 1. The van der Waals surface area contributed by atoms with Gasteiger partial charge in [0.1, 0.15) is 11.6 Å². The molecular weight excluding hydrogens is 456 g/mol. The summed E-state index contributed by atoms with van der Waals surface area (Å²) in [5.74, 6) is -1.10. The summed E-state index contributed by atoms with van der Waals surface area (Å²) in [6, 6.07) is 10.3. The number of fused-ring (bicyclic) bond motifs is 1. The van der Waals surface area contributed by atoms with Gasteiger partial charge in [0.2, 0.25) is 0 Å². The van der Waals surface area contributed by atoms with Crippen LogP contribution in [-0.2, 0) is 11.2 Å². The van der Waals surface area contributed by atoms with Gasteiger partial charge < -0.3 is 14.5 Å². The normalized spacial score (nSPS) is 17.0. The van der Waals surface area contributed by atoms with Crippen LogP contribution in [0.1, 0.15) is 36.2 Å². The molecule has 0 radical (unpaired) electrons. The number of benzene rings is 2. The third-order valence-electron chi connectivity index (χ3n) is 6.98. The predicted octanol–water partition coefficient (Wildman–Crippen LogP) is 6.34. The monoisotopic (exact) mass is 483 g/mol. The van der Waals surface area contributed by atoms with Crippen molar-refractivity contribution in [2.75, 3.05) is 42.6 Å². The Balaban J connectivity index is 1.55. The van der Waals surface area contributed by atoms with Crippen molar-refractivity contribution in [2.24, 2.45) is 0 Å². The van der Waals surface area contributed by atoms with Crippen molar-refractivity contribution in [2.45, 2.75) is 32.7 Å². The van der Waals surface area contributed by atoms with Gasteiger partial charge in [-0.2, -0.15) is 0 Å². The van der Waals surface area contributed by atoms with Crippen LogP contribution in [0.15, 0.2) is 42.6 Å². The third kappa shape index (κ3) is 4.14. The molecule has 1 saturated heterocycles. The summed E-state index contributed by atoms with van der Waals surface area (Å²) in [7, 11) is 0. The summed E-state index contributed by atoms with van der Waals surface area (Å²) in [5, 5.41) is -0.153. The van der Waals surface area contributed by atoms with Crippen molar-refractivity contribution in [3.63, 3.8) is 0 Å². The van der Waals surface area contributed by atoms with Crippen molar-refractivity contribution in [3.8, 4) is 11.1 Å². The standard InChI is InChI=1S/C27H28ClF2N3O/c1-17-21(19-5-3-6-20(15-19)32-11-13-34-14-12-32)16-31-24-7-4-10-33(27(17)24)18(2)25-22(29)8-9-23(30)26(25)28/h3,5-6,8-9,15-16,18H,4,7,10-14H2,1-2H3. The molecule has 0 saturated carbocycles. The number of hydrogen-bond acceptors (Lipinski definition) is 4. The second-order valence-electron chi connectivity index (χ2n) is 8.97. The van der Waals surface area contributed by atoms with E-state index in [1.807, 2.05) is 13.1 Å². The first-order chi connectivity index (χ1) is 16.5. The maximum Gasteiger partial charge on any atom is 0.142 e. The molecule has 178 valence electrons. The first kappa shape index (κ1) is 23.1. The molecule has 3 heterocycles. The number of morpholine rings is 1. The number of pyridine rings is 1. The molecule has 0 spiro atoms. The SMILES string of the molecule is Cc1c(-c2cccc(N3CCOCC3)c2)cnc2c1N(C(C)c1c(F)ccc(F)c1Cl)CCC2. The Bertz CT molecular complexity index is 1210. The lowest BCUT2D eigenvalue weighted by molar-refractivity contribution is 0.122. The molecule has 4 nitrogen and oxygen atoms in total. The highest BCUT2D eigenvalue weighted by atomic mass is 35.5. The Morgan fingerprint density at radius 1 is 1.06 bits per heavy atom. The number of anilines is 2. The van der Waals surface area contributed by atoms with E-state index in [-0.39, 0.29) is 10.6 Å². The molecule has 2 aliphatic heterocycles. The van der Waals surface area contributed by atoms with E-state index in [1.54, 1.807) is 0 Å². The van der Waals surface area contributed by atoms with Crippen LogP contribution in [-0.4, -0.2) is 37.8 Å². The van der Waals surface area contributed by atoms with E-state index in [0.717, 1.165) is 91.6 Å². The van der Waals surface area contributed by atoms with E-state index >= 15 is 0 Å². The van der Waals surface area contributed by atoms with Gasteiger partial charge >= 0.3 is 0 Å². The highest BCUT2D eigenvalue weighted by molar-refractivity contribution is 6.31. The highest BCUT2D eigenvalue weighted by Gasteiger charge is 2.30. The van der Waals surface area contributed by atoms with Crippen molar-refractivity contribution < 1.29 is 13.5 Å². The lowest BCUT2D eigenvalue weighted by Gasteiger charge is -2.38. The van der Waals surface area contributed by atoms with Crippen LogP contribution in [0.4, 0.5) is 20.2 Å². The zero-order valence-corrected chi connectivity index (χ0v) is 20.2. The van der Waals surface area contributed by atoms with Gasteiger partial charge in [0, 0.05) is 42.6 Å². The third-order valence-corrected chi connectivity index (χ3v) is 7.36. The summed E-state index contributed by atoms with van der Waals surface area (Å²) in [5.41, 5.74) is 6.54. The van der Waals surface area contributed by atoms with Crippen LogP contribution in [0.25, 0.3) is 11.1 Å². The fourth-order valence-corrected chi connectivity index (χ4v) is 5.50. The first-order valence-corrected chi connectivity index (χ1v) is 12.1. The minimum Gasteiger partial charge on any atom is -0.378 e. The molecule has 3 aromatic rings. The van der Waals surface area contributed by atoms with Crippen molar-refractivity contribution in [1.82, 2.24) is 4.98 Å². The van der Waals surface area contributed by atoms with Gasteiger partial charge in [0.05, 0.1) is 35.7 Å². The molecule has 5 rings (SSSR count). The molecule has 1 aromatic heterocycles. The predicted molar refractivity (Wildman–Crippen MR) is 133 cm³/mol. The lowest BCUT2D eigenvalue weighted by atomic mass is 9.94. The number of halogens is 3. The average molecular weight is 484 g/mol. The summed E-state index contributed by atoms with van der Waals surface area (Å²) >= 11 is 6.23. The van der Waals surface area contributed by atoms with Crippen molar-refractivity contribution in [3.05, 3.63) is 76.1 Å². The van der Waals surface area contributed by atoms with Gasteiger partial charge in [-0.1, -0.05) is 23.7 Å². The minimum absolute atomic E-state index is 0.153. The van der Waals surface area contributed by atoms with E-state index in [2.05, 4.69) is 41.0 Å². The topological polar surface area (TPSA) is 28.6 Å². The van der Waals surface area contributed by atoms with Crippen LogP contribution in [0.3, 0.4) is 0 Å². The molecule has 2 aromatic carbocycles. The van der Waals surface area contributed by atoms with Gasteiger partial charge in [-0.05, 0) is 62.1 Å². The Morgan fingerprint density at radius 3 is 2.62 bits per heavy atom. The maximum absolute atomic E-state index is 14.8. The molecule has 1 atom stereocenters. The number of nitrogens with zero attached hydrogens (tertiary/aromatic N) is 3. The second kappa shape index (κ2) is 9.51. The van der Waals surface area contributed by atoms with E-state index in [0.29, 0.717) is 0 Å². The first-order valence-electron chi connectivity index (χ1n) is 11.8. The van der Waals surface area contributed by atoms with Gasteiger partial charge in [0.15, 0.2) is 0 Å². The Hall–Kier alpha value is -2.70. The van der Waals surface area contributed by atoms with Crippen LogP contribution >= 0.6 is 11.6 Å². The highest BCUT2D eigenvalue weighted by Crippen LogP contribution is 2.42. The summed E-state index contributed by atoms with van der Waals surface area (Å²) in [6.45, 7) is 7.90. The van der Waals surface area contributed by atoms with Gasteiger partial charge in [-0.25, -0.2) is 8.78 Å². The maximum atomic E-state index is 14.8. The zero-order chi connectivity index (χ0) is 23.8. The summed E-state index contributed by atoms with van der Waals surface area (Å²) in [4.78, 5) is 9.27. The molecule has 2 aliphatic rings. The molecule has 0 N–H and O–H groups in total. The molecule has 1 fully saturated rings. The number of rotatable bonds is 4. The van der Waals surface area contributed by atoms with Crippen LogP contribution in [0.5, 0.6) is 0 Å². The Kier molecular flexibility index (Phi) is 6.45. The average Bonchev–Trinajstić information content (AvgIpc) is 2.87. The van der Waals surface area contributed by atoms with Crippen LogP contribution < -0.4 is 9.80 Å². The van der Waals surface area contributed by atoms with E-state index in [9.17, 15) is 8.78 Å². The molecule has 7 heteroatoms. The second-order valence-corrected chi connectivity index (χ2v) is 9.35. The lowest BCUT2D eigenvalue weighted by Crippen LogP contribution is -2.36. The number of aryl methyl sites for hydroxylation is 1. The van der Waals surface area contributed by atoms with Crippen molar-refractivity contribution in [1.29, 1.82) is 0 Å². The number of ether oxygens (including phenoxy) is 1. The largest absolute Gasteiger partial charge is 0.378 e. The Labute approximate surface area is 204 Å². The molecular formula is C27H28ClF2N3O. The smallest absolute Gasteiger partial charge is 0.142 e. The molecule has 0 bridgehead atoms. The molecule has 0 aliphatic carbocycles. The van der Waals surface area contributed by atoms with Gasteiger partial charge in [0.25, 0.3) is 0 Å². The quantitative estimate of drug-likeness (QED) is 0.405. The summed E-state index contributed by atoms with van der Waals surface area (Å²) in [6.07, 6.45) is 3.69. The van der Waals surface area contributed by atoms with Crippen molar-refractivity contribution >= 4 is 23.0 Å². The van der Waals surface area contributed by atoms with Crippen LogP contribution in [0.2, 0.25) is 5.02 Å². The Morgan fingerprint density at radius 2 is 1.82 bits per heavy atom. The molecule has 1 unspecified atom stereocenters. The minimum atomic E-state index is -0.606. The fraction of sp³-hybridized carbons (Fsp3) is 0.370. The van der Waals surface area contributed by atoms with E-state index in [4.69, 9.17) is 21.3 Å². The van der Waals surface area contributed by atoms with Gasteiger partial charge in [-0.3, -0.25) is 4.98 Å². The zero-order valence-electron chi connectivity index (χ0n) is 19.5. The number of hydrogen-bond donors (Lipinski definition) is 0. The molecule has 0 amide bonds. The van der Waals surface area contributed by atoms with Crippen LogP contribution in [0, 0.1) is 18.6 Å². The van der Waals surface area contributed by atoms with E-state index in [1.165, 1.54) is 0 Å². The molecule has 34 heavy (non-hydrogen) atoms. The fourth-order valence-electron chi connectivity index (χ4n) is 5.19. The van der Waals surface area contributed by atoms with Gasteiger partial charge in [-0.15, -0.1) is 0 Å². The summed E-state index contributed by atoms with van der Waals surface area (Å²) < 4.78 is 34.5. The van der Waals surface area contributed by atoms with E-state index < -0.39 is 17.7 Å².